The summed E-state index contributed by atoms with van der Waals surface area (Å²) < 4.78 is 15.0. The highest BCUT2D eigenvalue weighted by atomic mass is 19.1. The normalized spacial score (nSPS) is 10.9. The van der Waals surface area contributed by atoms with Crippen LogP contribution >= 0.6 is 0 Å². The number of hydrogen-bond donors (Lipinski definition) is 1. The van der Waals surface area contributed by atoms with Gasteiger partial charge in [-0.05, 0) is 37.1 Å². The third-order valence-electron chi connectivity index (χ3n) is 3.20. The summed E-state index contributed by atoms with van der Waals surface area (Å²) in [4.78, 5) is 4.25. The molecule has 4 heteroatoms. The lowest BCUT2D eigenvalue weighted by Crippen LogP contribution is -1.99. The van der Waals surface area contributed by atoms with Gasteiger partial charge >= 0.3 is 0 Å². The van der Waals surface area contributed by atoms with E-state index in [4.69, 9.17) is 0 Å². The molecule has 0 aliphatic rings. The van der Waals surface area contributed by atoms with Crippen molar-refractivity contribution in [1.29, 1.82) is 0 Å². The van der Waals surface area contributed by atoms with Gasteiger partial charge < -0.3 is 5.32 Å². The number of fused-ring (bicyclic) bond motifs is 1. The van der Waals surface area contributed by atoms with Crippen LogP contribution in [0.15, 0.2) is 42.7 Å². The SMILES string of the molecule is Cc1cccc(C)c1Nc1cnc2ccc(F)cn12. The van der Waals surface area contributed by atoms with Crippen molar-refractivity contribution in [1.82, 2.24) is 9.38 Å². The third-order valence-corrected chi connectivity index (χ3v) is 3.20. The van der Waals surface area contributed by atoms with Crippen molar-refractivity contribution in [3.05, 3.63) is 59.7 Å². The quantitative estimate of drug-likeness (QED) is 0.754. The molecule has 0 radical (unpaired) electrons. The van der Waals surface area contributed by atoms with Gasteiger partial charge in [0.15, 0.2) is 0 Å². The van der Waals surface area contributed by atoms with Crippen molar-refractivity contribution in [3.63, 3.8) is 0 Å². The van der Waals surface area contributed by atoms with Crippen LogP contribution in [-0.4, -0.2) is 9.38 Å². The molecule has 0 spiro atoms. The summed E-state index contributed by atoms with van der Waals surface area (Å²) in [6, 6.07) is 9.17. The fourth-order valence-corrected chi connectivity index (χ4v) is 2.19. The second-order valence-electron chi connectivity index (χ2n) is 4.61. The second-order valence-corrected chi connectivity index (χ2v) is 4.61. The van der Waals surface area contributed by atoms with Crippen LogP contribution in [0.3, 0.4) is 0 Å². The minimum absolute atomic E-state index is 0.282. The Balaban J connectivity index is 2.08. The molecule has 2 aromatic heterocycles. The molecule has 96 valence electrons. The first-order valence-corrected chi connectivity index (χ1v) is 6.11. The highest BCUT2D eigenvalue weighted by Crippen LogP contribution is 2.24. The molecule has 0 saturated carbocycles. The minimum Gasteiger partial charge on any atom is -0.340 e. The summed E-state index contributed by atoms with van der Waals surface area (Å²) in [5, 5.41) is 3.32. The molecule has 0 amide bonds. The summed E-state index contributed by atoms with van der Waals surface area (Å²) in [6.45, 7) is 4.08. The number of rotatable bonds is 2. The zero-order chi connectivity index (χ0) is 13.4. The number of para-hydroxylation sites is 1. The second kappa shape index (κ2) is 4.39. The predicted molar refractivity (Wildman–Crippen MR) is 74.3 cm³/mol. The summed E-state index contributed by atoms with van der Waals surface area (Å²) in [5.74, 6) is 0.474. The van der Waals surface area contributed by atoms with Gasteiger partial charge in [0.1, 0.15) is 17.3 Å². The molecule has 2 heterocycles. The molecule has 1 N–H and O–H groups in total. The lowest BCUT2D eigenvalue weighted by atomic mass is 10.1. The summed E-state index contributed by atoms with van der Waals surface area (Å²) in [5.41, 5.74) is 4.04. The Morgan fingerprint density at radius 3 is 2.58 bits per heavy atom. The molecule has 0 aliphatic heterocycles. The highest BCUT2D eigenvalue weighted by Gasteiger charge is 2.07. The van der Waals surface area contributed by atoms with E-state index in [1.54, 1.807) is 16.7 Å². The number of anilines is 2. The topological polar surface area (TPSA) is 29.3 Å². The lowest BCUT2D eigenvalue weighted by molar-refractivity contribution is 0.619. The molecule has 0 bridgehead atoms. The maximum absolute atomic E-state index is 13.3. The number of nitrogens with one attached hydrogen (secondary N) is 1. The van der Waals surface area contributed by atoms with E-state index >= 15 is 0 Å². The van der Waals surface area contributed by atoms with Crippen molar-refractivity contribution in [3.8, 4) is 0 Å². The Hall–Kier alpha value is -2.36. The zero-order valence-electron chi connectivity index (χ0n) is 10.8. The van der Waals surface area contributed by atoms with Crippen molar-refractivity contribution in [2.24, 2.45) is 0 Å². The Kier molecular flexibility index (Phi) is 2.71. The molecule has 0 unspecified atom stereocenters. The average molecular weight is 255 g/mol. The number of nitrogens with zero attached hydrogens (tertiary/aromatic N) is 2. The van der Waals surface area contributed by atoms with Crippen molar-refractivity contribution < 1.29 is 4.39 Å². The summed E-state index contributed by atoms with van der Waals surface area (Å²) >= 11 is 0. The molecule has 0 atom stereocenters. The van der Waals surface area contributed by atoms with Crippen molar-refractivity contribution in [2.75, 3.05) is 5.32 Å². The van der Waals surface area contributed by atoms with Gasteiger partial charge in [0, 0.05) is 11.9 Å². The first-order valence-electron chi connectivity index (χ1n) is 6.11. The van der Waals surface area contributed by atoms with Gasteiger partial charge in [-0.25, -0.2) is 9.37 Å². The first-order chi connectivity index (χ1) is 9.15. The van der Waals surface area contributed by atoms with Crippen LogP contribution in [0.2, 0.25) is 0 Å². The number of pyridine rings is 1. The average Bonchev–Trinajstić information content (AvgIpc) is 2.76. The summed E-state index contributed by atoms with van der Waals surface area (Å²) in [7, 11) is 0. The van der Waals surface area contributed by atoms with Crippen molar-refractivity contribution >= 4 is 17.2 Å². The van der Waals surface area contributed by atoms with E-state index < -0.39 is 0 Å². The maximum Gasteiger partial charge on any atom is 0.140 e. The fraction of sp³-hybridized carbons (Fsp3) is 0.133. The molecule has 0 fully saturated rings. The largest absolute Gasteiger partial charge is 0.340 e. The van der Waals surface area contributed by atoms with Gasteiger partial charge in [0.05, 0.1) is 6.20 Å². The Labute approximate surface area is 110 Å². The van der Waals surface area contributed by atoms with Gasteiger partial charge in [0.25, 0.3) is 0 Å². The molecule has 3 rings (SSSR count). The highest BCUT2D eigenvalue weighted by molar-refractivity contribution is 5.66. The van der Waals surface area contributed by atoms with Crippen LogP contribution in [0.5, 0.6) is 0 Å². The smallest absolute Gasteiger partial charge is 0.140 e. The number of halogens is 1. The van der Waals surface area contributed by atoms with Gasteiger partial charge in [-0.2, -0.15) is 0 Å². The third kappa shape index (κ3) is 2.05. The molecular formula is C15H14FN3. The van der Waals surface area contributed by atoms with Gasteiger partial charge in [-0.3, -0.25) is 4.40 Å². The van der Waals surface area contributed by atoms with E-state index in [1.807, 2.05) is 32.0 Å². The van der Waals surface area contributed by atoms with E-state index in [0.717, 1.165) is 28.3 Å². The maximum atomic E-state index is 13.3. The van der Waals surface area contributed by atoms with E-state index in [2.05, 4.69) is 10.3 Å². The van der Waals surface area contributed by atoms with Gasteiger partial charge in [0.2, 0.25) is 0 Å². The van der Waals surface area contributed by atoms with Crippen LogP contribution in [0.1, 0.15) is 11.1 Å². The molecule has 19 heavy (non-hydrogen) atoms. The molecular weight excluding hydrogens is 241 g/mol. The monoisotopic (exact) mass is 255 g/mol. The molecule has 3 nitrogen and oxygen atoms in total. The van der Waals surface area contributed by atoms with Crippen LogP contribution in [0.25, 0.3) is 5.65 Å². The van der Waals surface area contributed by atoms with E-state index in [-0.39, 0.29) is 5.82 Å². The predicted octanol–water partition coefficient (Wildman–Crippen LogP) is 3.83. The first kappa shape index (κ1) is 11.7. The Bertz CT molecular complexity index is 726. The molecule has 0 saturated heterocycles. The fourth-order valence-electron chi connectivity index (χ4n) is 2.19. The number of hydrogen-bond acceptors (Lipinski definition) is 2. The summed E-state index contributed by atoms with van der Waals surface area (Å²) in [6.07, 6.45) is 3.14. The number of aromatic nitrogens is 2. The van der Waals surface area contributed by atoms with E-state index in [0.29, 0.717) is 0 Å². The van der Waals surface area contributed by atoms with E-state index in [1.165, 1.54) is 12.3 Å². The molecule has 0 aliphatic carbocycles. The standard InChI is InChI=1S/C15H14FN3/c1-10-4-3-5-11(2)15(10)18-14-8-17-13-7-6-12(16)9-19(13)14/h3-9,18H,1-2H3. The van der Waals surface area contributed by atoms with Crippen molar-refractivity contribution in [2.45, 2.75) is 13.8 Å². The van der Waals surface area contributed by atoms with Crippen LogP contribution in [0, 0.1) is 19.7 Å². The van der Waals surface area contributed by atoms with Crippen LogP contribution in [0.4, 0.5) is 15.9 Å². The number of benzene rings is 1. The lowest BCUT2D eigenvalue weighted by Gasteiger charge is -2.12. The Morgan fingerprint density at radius 2 is 1.84 bits per heavy atom. The Morgan fingerprint density at radius 1 is 1.11 bits per heavy atom. The molecule has 3 aromatic rings. The van der Waals surface area contributed by atoms with Crippen LogP contribution < -0.4 is 5.32 Å². The minimum atomic E-state index is -0.282. The molecule has 1 aromatic carbocycles. The number of imidazole rings is 1. The number of aryl methyl sites for hydroxylation is 2. The van der Waals surface area contributed by atoms with E-state index in [9.17, 15) is 4.39 Å². The van der Waals surface area contributed by atoms with Gasteiger partial charge in [-0.1, -0.05) is 18.2 Å². The zero-order valence-corrected chi connectivity index (χ0v) is 10.8. The van der Waals surface area contributed by atoms with Gasteiger partial charge in [-0.15, -0.1) is 0 Å². The van der Waals surface area contributed by atoms with Crippen LogP contribution in [-0.2, 0) is 0 Å².